The van der Waals surface area contributed by atoms with Gasteiger partial charge >= 0.3 is 6.18 Å². The molecule has 1 amide bonds. The van der Waals surface area contributed by atoms with Crippen molar-refractivity contribution in [2.45, 2.75) is 63.8 Å². The summed E-state index contributed by atoms with van der Waals surface area (Å²) in [4.78, 5) is 26.7. The van der Waals surface area contributed by atoms with Gasteiger partial charge in [-0.3, -0.25) is 9.36 Å². The molecule has 1 saturated carbocycles. The Kier molecular flexibility index (Phi) is 9.81. The van der Waals surface area contributed by atoms with Crippen molar-refractivity contribution in [1.82, 2.24) is 24.8 Å². The molecule has 0 unspecified atom stereocenters. The van der Waals surface area contributed by atoms with E-state index in [0.717, 1.165) is 43.4 Å². The van der Waals surface area contributed by atoms with E-state index in [9.17, 15) is 18.0 Å². The van der Waals surface area contributed by atoms with Gasteiger partial charge in [0.05, 0.1) is 5.56 Å². The van der Waals surface area contributed by atoms with Gasteiger partial charge in [-0.25, -0.2) is 4.98 Å². The van der Waals surface area contributed by atoms with Crippen molar-refractivity contribution in [1.29, 1.82) is 0 Å². The molecule has 0 aliphatic heterocycles. The molecule has 0 radical (unpaired) electrons. The lowest BCUT2D eigenvalue weighted by atomic mass is 9.84. The van der Waals surface area contributed by atoms with Gasteiger partial charge in [-0.1, -0.05) is 68.0 Å². The van der Waals surface area contributed by atoms with Crippen LogP contribution < -0.4 is 16.0 Å². The van der Waals surface area contributed by atoms with Crippen LogP contribution in [0.3, 0.4) is 0 Å². The third kappa shape index (κ3) is 8.70. The molecule has 2 aromatic carbocycles. The van der Waals surface area contributed by atoms with Gasteiger partial charge in [0.15, 0.2) is 0 Å². The Morgan fingerprint density at radius 2 is 1.79 bits per heavy atom. The van der Waals surface area contributed by atoms with E-state index in [-0.39, 0.29) is 18.4 Å². The summed E-state index contributed by atoms with van der Waals surface area (Å²) < 4.78 is 41.3. The van der Waals surface area contributed by atoms with E-state index >= 15 is 0 Å². The summed E-state index contributed by atoms with van der Waals surface area (Å²) >= 11 is 6.00. The molecule has 43 heavy (non-hydrogen) atoms. The summed E-state index contributed by atoms with van der Waals surface area (Å²) in [6, 6.07) is 13.6. The maximum atomic E-state index is 13.5. The van der Waals surface area contributed by atoms with Gasteiger partial charge < -0.3 is 16.0 Å². The molecular formula is C31H33ClF3N7O. The second-order valence-electron chi connectivity index (χ2n) is 10.7. The zero-order chi connectivity index (χ0) is 30.2. The van der Waals surface area contributed by atoms with Gasteiger partial charge in [-0.15, -0.1) is 0 Å². The number of hydrogen-bond donors (Lipinski definition) is 3. The number of amides is 1. The minimum Gasteiger partial charge on any atom is -0.358 e. The summed E-state index contributed by atoms with van der Waals surface area (Å²) in [7, 11) is 0. The number of imidazole rings is 1. The first-order chi connectivity index (χ1) is 20.7. The van der Waals surface area contributed by atoms with Gasteiger partial charge in [0.25, 0.3) is 0 Å². The van der Waals surface area contributed by atoms with Crippen LogP contribution in [0.25, 0.3) is 5.82 Å². The minimum atomic E-state index is -4.44. The fourth-order valence-corrected chi connectivity index (χ4v) is 5.36. The SMILES string of the molecule is O=C(NCc1ccc(Cl)cc1)[C@@H](CC1CCCCC1)Nc1cc(-n2ccnc2)nc(NCc2cccc(C(F)(F)F)c2)n1. The molecule has 4 aromatic rings. The van der Waals surface area contributed by atoms with Crippen molar-refractivity contribution in [2.24, 2.45) is 5.92 Å². The molecule has 3 N–H and O–H groups in total. The maximum absolute atomic E-state index is 13.5. The van der Waals surface area contributed by atoms with E-state index in [0.29, 0.717) is 41.1 Å². The highest BCUT2D eigenvalue weighted by Gasteiger charge is 2.30. The van der Waals surface area contributed by atoms with E-state index in [1.165, 1.54) is 12.5 Å². The molecule has 1 fully saturated rings. The van der Waals surface area contributed by atoms with E-state index in [1.54, 1.807) is 47.6 Å². The quantitative estimate of drug-likeness (QED) is 0.169. The molecule has 0 saturated heterocycles. The number of nitrogens with zero attached hydrogens (tertiary/aromatic N) is 4. The van der Waals surface area contributed by atoms with E-state index < -0.39 is 17.8 Å². The third-order valence-corrected chi connectivity index (χ3v) is 7.75. The van der Waals surface area contributed by atoms with Crippen LogP contribution in [-0.2, 0) is 24.1 Å². The van der Waals surface area contributed by atoms with Crippen LogP contribution in [0.1, 0.15) is 55.2 Å². The van der Waals surface area contributed by atoms with Crippen molar-refractivity contribution >= 4 is 29.3 Å². The molecule has 1 atom stereocenters. The predicted molar refractivity (Wildman–Crippen MR) is 160 cm³/mol. The number of halogens is 4. The zero-order valence-corrected chi connectivity index (χ0v) is 24.2. The Morgan fingerprint density at radius 1 is 1.00 bits per heavy atom. The first-order valence-corrected chi connectivity index (χ1v) is 14.7. The molecular weight excluding hydrogens is 579 g/mol. The lowest BCUT2D eigenvalue weighted by Gasteiger charge is -2.27. The highest BCUT2D eigenvalue weighted by atomic mass is 35.5. The second kappa shape index (κ2) is 13.9. The number of carbonyl (C=O) groups excluding carboxylic acids is 1. The van der Waals surface area contributed by atoms with E-state index in [4.69, 9.17) is 11.6 Å². The van der Waals surface area contributed by atoms with Crippen LogP contribution in [0.15, 0.2) is 73.3 Å². The largest absolute Gasteiger partial charge is 0.416 e. The van der Waals surface area contributed by atoms with Crippen molar-refractivity contribution < 1.29 is 18.0 Å². The van der Waals surface area contributed by atoms with Crippen LogP contribution in [0.2, 0.25) is 5.02 Å². The number of benzene rings is 2. The van der Waals surface area contributed by atoms with Crippen molar-refractivity contribution in [3.8, 4) is 5.82 Å². The number of hydrogen-bond acceptors (Lipinski definition) is 6. The summed E-state index contributed by atoms with van der Waals surface area (Å²) in [6.45, 7) is 0.427. The van der Waals surface area contributed by atoms with Gasteiger partial charge in [0, 0.05) is 36.6 Å². The number of aromatic nitrogens is 4. The lowest BCUT2D eigenvalue weighted by Crippen LogP contribution is -2.41. The predicted octanol–water partition coefficient (Wildman–Crippen LogP) is 7.01. The van der Waals surface area contributed by atoms with Crippen LogP contribution in [0.5, 0.6) is 0 Å². The highest BCUT2D eigenvalue weighted by molar-refractivity contribution is 6.30. The van der Waals surface area contributed by atoms with Crippen LogP contribution in [0.4, 0.5) is 24.9 Å². The summed E-state index contributed by atoms with van der Waals surface area (Å²) in [5, 5.41) is 10.0. The number of nitrogens with one attached hydrogen (secondary N) is 3. The second-order valence-corrected chi connectivity index (χ2v) is 11.2. The molecule has 2 aromatic heterocycles. The topological polar surface area (TPSA) is 96.8 Å². The summed E-state index contributed by atoms with van der Waals surface area (Å²) in [6.07, 6.45) is 6.75. The standard InChI is InChI=1S/C31H33ClF3N7O/c32-25-11-9-22(10-12-25)18-37-29(43)26(16-21-5-2-1-3-6-21)39-27-17-28(42-14-13-36-20-42)41-30(40-27)38-19-23-7-4-8-24(15-23)31(33,34)35/h4,7-15,17,20-21,26H,1-3,5-6,16,18-19H2,(H,37,43)(H2,38,39,40,41)/t26-/m1/s1. The maximum Gasteiger partial charge on any atom is 0.416 e. The molecule has 226 valence electrons. The van der Waals surface area contributed by atoms with E-state index in [1.807, 2.05) is 12.1 Å². The molecule has 0 bridgehead atoms. The van der Waals surface area contributed by atoms with Gasteiger partial charge in [-0.05, 0) is 47.7 Å². The van der Waals surface area contributed by atoms with Crippen LogP contribution >= 0.6 is 11.6 Å². The average Bonchev–Trinajstić information content (AvgIpc) is 3.55. The van der Waals surface area contributed by atoms with Gasteiger partial charge in [0.2, 0.25) is 11.9 Å². The van der Waals surface area contributed by atoms with Crippen LogP contribution in [-0.4, -0.2) is 31.5 Å². The van der Waals surface area contributed by atoms with Crippen molar-refractivity contribution in [3.63, 3.8) is 0 Å². The third-order valence-electron chi connectivity index (χ3n) is 7.50. The summed E-state index contributed by atoms with van der Waals surface area (Å²) in [5.74, 6) is 1.35. The first kappa shape index (κ1) is 30.3. The fraction of sp³-hybridized carbons (Fsp3) is 0.355. The van der Waals surface area contributed by atoms with Gasteiger partial charge in [0.1, 0.15) is 24.0 Å². The lowest BCUT2D eigenvalue weighted by molar-refractivity contribution is -0.137. The Balaban J connectivity index is 1.36. The minimum absolute atomic E-state index is 0.0732. The molecule has 1 aliphatic rings. The highest BCUT2D eigenvalue weighted by Crippen LogP contribution is 2.30. The number of alkyl halides is 3. The van der Waals surface area contributed by atoms with Crippen LogP contribution in [0, 0.1) is 5.92 Å². The molecule has 5 rings (SSSR count). The zero-order valence-electron chi connectivity index (χ0n) is 23.4. The Bertz CT molecular complexity index is 1490. The normalized spacial score (nSPS) is 14.7. The Labute approximate surface area is 253 Å². The molecule has 1 aliphatic carbocycles. The molecule has 12 heteroatoms. The van der Waals surface area contributed by atoms with Crippen molar-refractivity contribution in [2.75, 3.05) is 10.6 Å². The average molecular weight is 612 g/mol. The number of anilines is 2. The van der Waals surface area contributed by atoms with Gasteiger partial charge in [-0.2, -0.15) is 23.1 Å². The molecule has 8 nitrogen and oxygen atoms in total. The smallest absolute Gasteiger partial charge is 0.358 e. The number of rotatable bonds is 11. The number of carbonyl (C=O) groups is 1. The monoisotopic (exact) mass is 611 g/mol. The van der Waals surface area contributed by atoms with E-state index in [2.05, 4.69) is 30.9 Å². The summed E-state index contributed by atoms with van der Waals surface area (Å²) in [5.41, 5.74) is 0.634. The Hall–Kier alpha value is -4.12. The first-order valence-electron chi connectivity index (χ1n) is 14.3. The Morgan fingerprint density at radius 3 is 2.51 bits per heavy atom. The molecule has 2 heterocycles. The molecule has 0 spiro atoms. The fourth-order valence-electron chi connectivity index (χ4n) is 5.23. The van der Waals surface area contributed by atoms with Crippen molar-refractivity contribution in [3.05, 3.63) is 95.0 Å².